The summed E-state index contributed by atoms with van der Waals surface area (Å²) in [4.78, 5) is 12.0. The first-order valence-corrected chi connectivity index (χ1v) is 11.3. The molecule has 0 aliphatic rings. The van der Waals surface area contributed by atoms with Crippen LogP contribution in [-0.4, -0.2) is 54.2 Å². The van der Waals surface area contributed by atoms with Crippen molar-refractivity contribution in [3.05, 3.63) is 0 Å². The van der Waals surface area contributed by atoms with Gasteiger partial charge in [-0.15, -0.1) is 10.3 Å². The Labute approximate surface area is 163 Å². The Hall–Kier alpha value is -0.700. The van der Waals surface area contributed by atoms with Gasteiger partial charge in [0, 0.05) is 10.7 Å². The highest BCUT2D eigenvalue weighted by Crippen LogP contribution is 2.62. The molecule has 29 heavy (non-hydrogen) atoms. The number of hydrogen-bond donors (Lipinski definition) is 0. The van der Waals surface area contributed by atoms with Crippen LogP contribution in [0, 0.1) is 5.92 Å². The van der Waals surface area contributed by atoms with Gasteiger partial charge in [-0.05, 0) is 6.26 Å². The molecule has 0 aromatic carbocycles. The second-order valence-corrected chi connectivity index (χ2v) is 13.1. The fourth-order valence-electron chi connectivity index (χ4n) is 1.54. The second-order valence-electron chi connectivity index (χ2n) is 7.57. The average molecular weight is 488 g/mol. The summed E-state index contributed by atoms with van der Waals surface area (Å²) in [5.41, 5.74) is 0. The van der Waals surface area contributed by atoms with Gasteiger partial charge < -0.3 is 0 Å². The monoisotopic (exact) mass is 488 g/mol. The van der Waals surface area contributed by atoms with E-state index in [9.17, 15) is 52.7 Å². The minimum absolute atomic E-state index is 0.719. The van der Waals surface area contributed by atoms with Crippen LogP contribution in [0.4, 0.5) is 39.5 Å². The first-order chi connectivity index (χ1) is 12.3. The van der Waals surface area contributed by atoms with Gasteiger partial charge in [0.1, 0.15) is 5.78 Å². The van der Waals surface area contributed by atoms with Crippen molar-refractivity contribution in [2.45, 2.75) is 62.6 Å². The van der Waals surface area contributed by atoms with Crippen LogP contribution in [0.25, 0.3) is 0 Å². The summed E-state index contributed by atoms with van der Waals surface area (Å²) in [6, 6.07) is 0. The van der Waals surface area contributed by atoms with Crippen molar-refractivity contribution in [3.63, 3.8) is 0 Å². The van der Waals surface area contributed by atoms with E-state index in [2.05, 4.69) is 3.63 Å². The zero-order valence-electron chi connectivity index (χ0n) is 16.1. The number of alkyl halides is 9. The van der Waals surface area contributed by atoms with Crippen molar-refractivity contribution in [3.8, 4) is 0 Å². The van der Waals surface area contributed by atoms with Gasteiger partial charge in [-0.25, -0.2) is 3.63 Å². The summed E-state index contributed by atoms with van der Waals surface area (Å²) in [5.74, 6) is -17.1. The fourth-order valence-corrected chi connectivity index (χ4v) is 6.22. The van der Waals surface area contributed by atoms with E-state index < -0.39 is 65.9 Å². The third-order valence-corrected chi connectivity index (χ3v) is 10.3. The minimum Gasteiger partial charge on any atom is -0.298 e. The summed E-state index contributed by atoms with van der Waals surface area (Å²) in [6.07, 6.45) is -6.33. The van der Waals surface area contributed by atoms with E-state index in [1.54, 1.807) is 0 Å². The average Bonchev–Trinajstić information content (AvgIpc) is 2.43. The smallest absolute Gasteiger partial charge is 0.298 e. The molecule has 0 fully saturated rings. The highest BCUT2D eigenvalue weighted by atomic mass is 32.3. The zero-order valence-corrected chi connectivity index (χ0v) is 17.8. The Morgan fingerprint density at radius 2 is 1.24 bits per heavy atom. The summed E-state index contributed by atoms with van der Waals surface area (Å²) in [6.45, 7) is 6.31. The molecule has 0 heterocycles. The van der Waals surface area contributed by atoms with Gasteiger partial charge in [0.2, 0.25) is 0 Å². The lowest BCUT2D eigenvalue weighted by molar-refractivity contribution is -0.382. The highest BCUT2D eigenvalue weighted by molar-refractivity contribution is 8.33. The first kappa shape index (κ1) is 28.3. The van der Waals surface area contributed by atoms with Crippen LogP contribution in [0.2, 0.25) is 0 Å². The Morgan fingerprint density at radius 1 is 0.862 bits per heavy atom. The number of rotatable bonds is 8. The van der Waals surface area contributed by atoms with Gasteiger partial charge in [-0.3, -0.25) is 4.79 Å². The lowest BCUT2D eigenvalue weighted by Crippen LogP contribution is -2.63. The van der Waals surface area contributed by atoms with E-state index in [0.29, 0.717) is 0 Å². The SMILES string of the molecule is CC(C)C(=O)CS(C)(OS(=O)(=O)C(F)(F)C(F)(F)C(F)(F)C(F)(F)F)C(C)(C)C. The van der Waals surface area contributed by atoms with Gasteiger partial charge >= 0.3 is 33.4 Å². The number of carbonyl (C=O) groups is 1. The van der Waals surface area contributed by atoms with Crippen molar-refractivity contribution in [1.29, 1.82) is 0 Å². The number of ketones is 1. The molecule has 15 heteroatoms. The topological polar surface area (TPSA) is 60.4 Å². The third-order valence-electron chi connectivity index (χ3n) is 4.03. The quantitative estimate of drug-likeness (QED) is 0.445. The van der Waals surface area contributed by atoms with E-state index in [1.807, 2.05) is 0 Å². The zero-order chi connectivity index (χ0) is 24.1. The van der Waals surface area contributed by atoms with Crippen LogP contribution in [0.5, 0.6) is 0 Å². The molecule has 0 saturated carbocycles. The molecule has 0 aromatic rings. The first-order valence-electron chi connectivity index (χ1n) is 7.72. The van der Waals surface area contributed by atoms with Gasteiger partial charge in [0.25, 0.3) is 0 Å². The van der Waals surface area contributed by atoms with Gasteiger partial charge in [-0.2, -0.15) is 47.9 Å². The molecule has 1 unspecified atom stereocenters. The summed E-state index contributed by atoms with van der Waals surface area (Å²) in [7, 11) is -10.6. The molecule has 0 spiro atoms. The van der Waals surface area contributed by atoms with Crippen molar-refractivity contribution in [2.75, 3.05) is 12.0 Å². The summed E-state index contributed by atoms with van der Waals surface area (Å²) < 4.78 is 144. The molecule has 0 saturated heterocycles. The van der Waals surface area contributed by atoms with E-state index in [1.165, 1.54) is 34.6 Å². The number of halogens is 9. The molecule has 0 amide bonds. The molecular weight excluding hydrogens is 467 g/mol. The lowest BCUT2D eigenvalue weighted by atomic mass is 10.1. The Balaban J connectivity index is 6.42. The molecule has 0 aliphatic heterocycles. The van der Waals surface area contributed by atoms with Crippen molar-refractivity contribution >= 4 is 26.2 Å². The molecule has 0 aliphatic carbocycles. The molecule has 0 radical (unpaired) electrons. The molecule has 0 aromatic heterocycles. The Morgan fingerprint density at radius 3 is 1.52 bits per heavy atom. The van der Waals surface area contributed by atoms with Crippen LogP contribution in [0.1, 0.15) is 34.6 Å². The summed E-state index contributed by atoms with van der Waals surface area (Å²) >= 11 is 0. The van der Waals surface area contributed by atoms with Gasteiger partial charge in [0.15, 0.2) is 0 Å². The van der Waals surface area contributed by atoms with E-state index in [0.717, 1.165) is 6.26 Å². The van der Waals surface area contributed by atoms with Gasteiger partial charge in [0.05, 0.1) is 5.75 Å². The van der Waals surface area contributed by atoms with E-state index in [-0.39, 0.29) is 0 Å². The fraction of sp³-hybridized carbons (Fsp3) is 0.929. The molecule has 0 N–H and O–H groups in total. The number of hydrogen-bond acceptors (Lipinski definition) is 4. The molecular formula is C14H21F9O4S2. The number of Topliss-reactive ketones (excluding diaryl/α,β-unsaturated/α-hetero) is 1. The molecule has 176 valence electrons. The standard InChI is InChI=1S/C14H21F9O4S2/c1-8(2)9(24)7-28(6,10(3,4)5)27-29(25,26)14(22,23)12(17,18)11(15,16)13(19,20)21/h8H,7H2,1-6H3. The molecule has 0 bridgehead atoms. The van der Waals surface area contributed by atoms with Gasteiger partial charge in [-0.1, -0.05) is 34.6 Å². The normalized spacial score (nSPS) is 18.5. The maximum absolute atomic E-state index is 13.9. The Kier molecular flexibility index (Phi) is 7.58. The lowest BCUT2D eigenvalue weighted by Gasteiger charge is -2.46. The van der Waals surface area contributed by atoms with Crippen LogP contribution in [0.15, 0.2) is 0 Å². The maximum Gasteiger partial charge on any atom is 0.460 e. The van der Waals surface area contributed by atoms with Crippen molar-refractivity contribution in [1.82, 2.24) is 0 Å². The second kappa shape index (κ2) is 7.77. The van der Waals surface area contributed by atoms with Crippen molar-refractivity contribution in [2.24, 2.45) is 5.92 Å². The maximum atomic E-state index is 13.9. The van der Waals surface area contributed by atoms with Crippen LogP contribution in [-0.2, 0) is 18.5 Å². The predicted molar refractivity (Wildman–Crippen MR) is 88.9 cm³/mol. The third kappa shape index (κ3) is 4.97. The van der Waals surface area contributed by atoms with E-state index >= 15 is 0 Å². The Bertz CT molecular complexity index is 724. The van der Waals surface area contributed by atoms with Crippen molar-refractivity contribution < 1.29 is 56.4 Å². The molecule has 1 atom stereocenters. The molecule has 0 rings (SSSR count). The molecule has 4 nitrogen and oxygen atoms in total. The number of carbonyl (C=O) groups excluding carboxylic acids is 1. The van der Waals surface area contributed by atoms with Crippen LogP contribution < -0.4 is 0 Å². The predicted octanol–water partition coefficient (Wildman–Crippen LogP) is 5.13. The van der Waals surface area contributed by atoms with Crippen LogP contribution in [0.3, 0.4) is 0 Å². The minimum atomic E-state index is -7.39. The van der Waals surface area contributed by atoms with E-state index in [4.69, 9.17) is 0 Å². The van der Waals surface area contributed by atoms with Crippen LogP contribution >= 0.6 is 10.3 Å². The largest absolute Gasteiger partial charge is 0.460 e. The highest BCUT2D eigenvalue weighted by Gasteiger charge is 2.86. The summed E-state index contributed by atoms with van der Waals surface area (Å²) in [5, 5.41) is -6.96.